The van der Waals surface area contributed by atoms with Crippen LogP contribution in [0.25, 0.3) is 22.6 Å². The number of para-hydroxylation sites is 1. The van der Waals surface area contributed by atoms with E-state index in [1.165, 1.54) is 0 Å². The number of nitrogens with zero attached hydrogens (tertiary/aromatic N) is 2. The van der Waals surface area contributed by atoms with Crippen molar-refractivity contribution in [1.29, 1.82) is 0 Å². The fourth-order valence-corrected chi connectivity index (χ4v) is 7.92. The van der Waals surface area contributed by atoms with E-state index in [1.807, 2.05) is 49.6 Å². The van der Waals surface area contributed by atoms with Crippen molar-refractivity contribution in [2.24, 2.45) is 0 Å². The second kappa shape index (κ2) is 11.0. The first kappa shape index (κ1) is 26.6. The molecule has 2 aliphatic rings. The van der Waals surface area contributed by atoms with Crippen LogP contribution in [0.4, 0.5) is 0 Å². The number of fused-ring (bicyclic) bond motifs is 2. The Morgan fingerprint density at radius 2 is 2.03 bits per heavy atom. The van der Waals surface area contributed by atoms with Gasteiger partial charge in [-0.3, -0.25) is 4.79 Å². The molecule has 2 atom stereocenters. The third kappa shape index (κ3) is 5.40. The van der Waals surface area contributed by atoms with E-state index in [1.54, 1.807) is 16.2 Å². The molecule has 0 radical (unpaired) electrons. The summed E-state index contributed by atoms with van der Waals surface area (Å²) in [6, 6.07) is 11.1. The van der Waals surface area contributed by atoms with E-state index in [-0.39, 0.29) is 29.5 Å². The number of allylic oxidation sites excluding steroid dienone is 1. The molecule has 1 amide bonds. The van der Waals surface area contributed by atoms with Crippen LogP contribution in [0, 0.1) is 0 Å². The summed E-state index contributed by atoms with van der Waals surface area (Å²) < 4.78 is 29.8. The molecule has 7 nitrogen and oxygen atoms in total. The van der Waals surface area contributed by atoms with E-state index in [9.17, 15) is 18.0 Å². The maximum absolute atomic E-state index is 13.6. The fraction of sp³-hybridized carbons (Fsp3) is 0.414. The van der Waals surface area contributed by atoms with Gasteiger partial charge in [-0.2, -0.15) is 0 Å². The molecule has 200 valence electrons. The highest BCUT2D eigenvalue weighted by molar-refractivity contribution is 7.91. The third-order valence-corrected chi connectivity index (χ3v) is 10.1. The summed E-state index contributed by atoms with van der Waals surface area (Å²) in [5.74, 6) is -0.874. The molecule has 0 bridgehead atoms. The number of hydrogen-bond donors (Lipinski definition) is 0. The Kier molecular flexibility index (Phi) is 7.68. The van der Waals surface area contributed by atoms with Crippen LogP contribution in [0.15, 0.2) is 41.8 Å². The summed E-state index contributed by atoms with van der Waals surface area (Å²) in [5, 5.41) is 2.75. The van der Waals surface area contributed by atoms with Crippen molar-refractivity contribution in [2.45, 2.75) is 58.0 Å². The molecule has 9 heteroatoms. The Hall–Kier alpha value is -3.04. The molecule has 1 aromatic carbocycles. The lowest BCUT2D eigenvalue weighted by Crippen LogP contribution is -2.48. The number of amides is 1. The lowest BCUT2D eigenvalue weighted by atomic mass is 9.86. The molecule has 0 N–H and O–H groups in total. The predicted octanol–water partition coefficient (Wildman–Crippen LogP) is 5.14. The zero-order valence-corrected chi connectivity index (χ0v) is 23.3. The molecule has 5 rings (SSSR count). The van der Waals surface area contributed by atoms with E-state index >= 15 is 0 Å². The molecule has 38 heavy (non-hydrogen) atoms. The third-order valence-electron chi connectivity index (χ3n) is 7.52. The van der Waals surface area contributed by atoms with Crippen molar-refractivity contribution in [2.75, 3.05) is 18.1 Å². The van der Waals surface area contributed by atoms with Gasteiger partial charge in [-0.15, -0.1) is 11.3 Å². The van der Waals surface area contributed by atoms with Gasteiger partial charge in [0.1, 0.15) is 0 Å². The first-order chi connectivity index (χ1) is 18.3. The fourth-order valence-electron chi connectivity index (χ4n) is 5.53. The summed E-state index contributed by atoms with van der Waals surface area (Å²) in [5.41, 5.74) is 3.94. The molecule has 3 aromatic rings. The number of esters is 1. The van der Waals surface area contributed by atoms with Gasteiger partial charge in [0.05, 0.1) is 28.3 Å². The highest BCUT2D eigenvalue weighted by atomic mass is 32.2. The Balaban J connectivity index is 1.45. The maximum Gasteiger partial charge on any atom is 0.339 e. The van der Waals surface area contributed by atoms with Crippen molar-refractivity contribution in [3.63, 3.8) is 0 Å². The molecule has 0 saturated carbocycles. The van der Waals surface area contributed by atoms with Crippen molar-refractivity contribution < 1.29 is 22.7 Å². The van der Waals surface area contributed by atoms with Crippen molar-refractivity contribution in [3.05, 3.63) is 63.5 Å². The average Bonchev–Trinajstić information content (AvgIpc) is 3.55. The molecule has 2 aromatic heterocycles. The number of carbonyl (C=O) groups excluding carboxylic acids is 2. The van der Waals surface area contributed by atoms with Gasteiger partial charge in [0.25, 0.3) is 5.91 Å². The van der Waals surface area contributed by atoms with Gasteiger partial charge in [-0.25, -0.2) is 18.2 Å². The zero-order valence-electron chi connectivity index (χ0n) is 21.7. The van der Waals surface area contributed by atoms with Crippen LogP contribution >= 0.6 is 11.3 Å². The van der Waals surface area contributed by atoms with Crippen LogP contribution < -0.4 is 0 Å². The molecule has 1 fully saturated rings. The number of pyridine rings is 1. The number of sulfone groups is 1. The Morgan fingerprint density at radius 1 is 1.21 bits per heavy atom. The number of benzene rings is 1. The van der Waals surface area contributed by atoms with Gasteiger partial charge in [0, 0.05) is 22.3 Å². The molecule has 0 unspecified atom stereocenters. The molecule has 3 heterocycles. The SMILES string of the molecule is CC[C@@H](C)N(C(=O)COC(=O)c1c2c(nc3ccccc13)/C(=C/c1cccs1)CCC2)[C@H]1CCS(=O)(=O)C1. The standard InChI is InChI=1S/C29H32N2O5S2/c1-3-19(2)31(21-13-15-38(34,35)18-21)26(32)17-36-29(33)27-23-10-4-5-12-25(23)30-28-20(8-6-11-24(27)28)16-22-9-7-14-37-22/h4-5,7,9-10,12,14,16,19,21H,3,6,8,11,13,15,17-18H2,1-2H3/b20-16+/t19-,21+/m1/s1. The molecule has 1 saturated heterocycles. The van der Waals surface area contributed by atoms with Crippen molar-refractivity contribution >= 4 is 55.6 Å². The van der Waals surface area contributed by atoms with E-state index in [2.05, 4.69) is 12.1 Å². The number of ether oxygens (including phenoxy) is 1. The first-order valence-electron chi connectivity index (χ1n) is 13.1. The summed E-state index contributed by atoms with van der Waals surface area (Å²) in [6.45, 7) is 3.43. The topological polar surface area (TPSA) is 93.6 Å². The summed E-state index contributed by atoms with van der Waals surface area (Å²) >= 11 is 1.66. The second-order valence-corrected chi connectivity index (χ2v) is 13.3. The first-order valence-corrected chi connectivity index (χ1v) is 15.8. The van der Waals surface area contributed by atoms with Gasteiger partial charge >= 0.3 is 5.97 Å². The lowest BCUT2D eigenvalue weighted by Gasteiger charge is -2.33. The number of carbonyl (C=O) groups is 2. The van der Waals surface area contributed by atoms with Gasteiger partial charge < -0.3 is 9.64 Å². The zero-order chi connectivity index (χ0) is 26.9. The second-order valence-electron chi connectivity index (χ2n) is 10.1. The number of thiophene rings is 1. The van der Waals surface area contributed by atoms with E-state index in [4.69, 9.17) is 9.72 Å². The van der Waals surface area contributed by atoms with Gasteiger partial charge in [0.15, 0.2) is 16.4 Å². The normalized spacial score (nSPS) is 20.3. The number of aromatic nitrogens is 1. The molecular weight excluding hydrogens is 520 g/mol. The lowest BCUT2D eigenvalue weighted by molar-refractivity contribution is -0.138. The van der Waals surface area contributed by atoms with Crippen LogP contribution in [0.2, 0.25) is 0 Å². The summed E-state index contributed by atoms with van der Waals surface area (Å²) in [4.78, 5) is 34.6. The monoisotopic (exact) mass is 552 g/mol. The van der Waals surface area contributed by atoms with Crippen LogP contribution in [0.3, 0.4) is 0 Å². The Bertz CT molecular complexity index is 1490. The Labute approximate surface area is 227 Å². The van der Waals surface area contributed by atoms with E-state index in [0.717, 1.165) is 34.5 Å². The molecular formula is C29H32N2O5S2. The minimum Gasteiger partial charge on any atom is -0.452 e. The average molecular weight is 553 g/mol. The van der Waals surface area contributed by atoms with Crippen molar-refractivity contribution in [1.82, 2.24) is 9.88 Å². The number of rotatable bonds is 7. The maximum atomic E-state index is 13.6. The van der Waals surface area contributed by atoms with E-state index in [0.29, 0.717) is 35.7 Å². The van der Waals surface area contributed by atoms with Gasteiger partial charge in [0.2, 0.25) is 0 Å². The summed E-state index contributed by atoms with van der Waals surface area (Å²) in [7, 11) is -3.16. The highest BCUT2D eigenvalue weighted by Gasteiger charge is 2.37. The smallest absolute Gasteiger partial charge is 0.339 e. The Morgan fingerprint density at radius 3 is 2.74 bits per heavy atom. The predicted molar refractivity (Wildman–Crippen MR) is 151 cm³/mol. The highest BCUT2D eigenvalue weighted by Crippen LogP contribution is 2.37. The van der Waals surface area contributed by atoms with Crippen LogP contribution in [0.1, 0.15) is 66.0 Å². The quantitative estimate of drug-likeness (QED) is 0.377. The van der Waals surface area contributed by atoms with Crippen LogP contribution in [0.5, 0.6) is 0 Å². The van der Waals surface area contributed by atoms with Crippen LogP contribution in [-0.4, -0.2) is 60.4 Å². The van der Waals surface area contributed by atoms with Crippen LogP contribution in [-0.2, 0) is 25.8 Å². The van der Waals surface area contributed by atoms with Gasteiger partial charge in [-0.1, -0.05) is 31.2 Å². The number of hydrogen-bond acceptors (Lipinski definition) is 7. The van der Waals surface area contributed by atoms with Crippen molar-refractivity contribution in [3.8, 4) is 0 Å². The molecule has 1 aliphatic heterocycles. The van der Waals surface area contributed by atoms with Gasteiger partial charge in [-0.05, 0) is 73.8 Å². The molecule has 1 aliphatic carbocycles. The largest absolute Gasteiger partial charge is 0.452 e. The minimum atomic E-state index is -3.16. The minimum absolute atomic E-state index is 0.0428. The summed E-state index contributed by atoms with van der Waals surface area (Å²) in [6.07, 6.45) is 5.69. The molecule has 0 spiro atoms. The van der Waals surface area contributed by atoms with E-state index < -0.39 is 22.4 Å².